The molecule has 0 aliphatic rings. The van der Waals surface area contributed by atoms with Gasteiger partial charge >= 0.3 is 5.69 Å². The molecule has 0 spiro atoms. The highest BCUT2D eigenvalue weighted by Gasteiger charge is 2.13. The third-order valence-corrected chi connectivity index (χ3v) is 2.88. The molecule has 3 rings (SSSR count). The number of hydrogen-bond acceptors (Lipinski definition) is 3. The van der Waals surface area contributed by atoms with Crippen LogP contribution in [0.2, 0.25) is 0 Å². The number of nitrogens with one attached hydrogen (secondary N) is 1. The molecule has 100 valence electrons. The molecule has 1 N–H and O–H groups in total. The number of halogens is 1. The lowest BCUT2D eigenvalue weighted by Crippen LogP contribution is -2.16. The summed E-state index contributed by atoms with van der Waals surface area (Å²) in [5.41, 5.74) is 1.07. The average molecular weight is 270 g/mol. The van der Waals surface area contributed by atoms with E-state index in [9.17, 15) is 9.18 Å². The van der Waals surface area contributed by atoms with Crippen LogP contribution in [0.1, 0.15) is 5.56 Å². The van der Waals surface area contributed by atoms with Crippen molar-refractivity contribution in [3.8, 4) is 17.2 Å². The lowest BCUT2D eigenvalue weighted by atomic mass is 10.2. The van der Waals surface area contributed by atoms with Crippen molar-refractivity contribution in [2.24, 2.45) is 0 Å². The fourth-order valence-corrected chi connectivity index (χ4v) is 1.92. The van der Waals surface area contributed by atoms with Crippen molar-refractivity contribution in [2.75, 3.05) is 0 Å². The van der Waals surface area contributed by atoms with E-state index >= 15 is 0 Å². The second-order valence-electron chi connectivity index (χ2n) is 4.39. The molecule has 2 heterocycles. The maximum atomic E-state index is 13.3. The van der Waals surface area contributed by atoms with Crippen LogP contribution in [0.25, 0.3) is 17.2 Å². The van der Waals surface area contributed by atoms with E-state index in [4.69, 9.17) is 0 Å². The Labute approximate surface area is 113 Å². The van der Waals surface area contributed by atoms with E-state index in [-0.39, 0.29) is 5.82 Å². The minimum atomic E-state index is -0.416. The van der Waals surface area contributed by atoms with Gasteiger partial charge in [0.25, 0.3) is 0 Å². The molecule has 0 aliphatic carbocycles. The fourth-order valence-electron chi connectivity index (χ4n) is 1.92. The van der Waals surface area contributed by atoms with E-state index in [1.807, 2.05) is 13.0 Å². The molecule has 0 unspecified atom stereocenters. The van der Waals surface area contributed by atoms with E-state index in [1.54, 1.807) is 24.4 Å². The Morgan fingerprint density at radius 3 is 2.80 bits per heavy atom. The Bertz CT molecular complexity index is 805. The van der Waals surface area contributed by atoms with Crippen LogP contribution >= 0.6 is 0 Å². The Balaban J connectivity index is 2.20. The Morgan fingerprint density at radius 1 is 1.25 bits per heavy atom. The summed E-state index contributed by atoms with van der Waals surface area (Å²) in [6.45, 7) is 1.91. The van der Waals surface area contributed by atoms with Gasteiger partial charge in [-0.15, -0.1) is 0 Å². The van der Waals surface area contributed by atoms with Gasteiger partial charge in [0, 0.05) is 11.8 Å². The van der Waals surface area contributed by atoms with Crippen LogP contribution in [-0.2, 0) is 0 Å². The molecule has 20 heavy (non-hydrogen) atoms. The van der Waals surface area contributed by atoms with Gasteiger partial charge in [0.05, 0.1) is 0 Å². The van der Waals surface area contributed by atoms with Gasteiger partial charge in [-0.1, -0.05) is 18.2 Å². The van der Waals surface area contributed by atoms with E-state index in [2.05, 4.69) is 15.2 Å². The molecule has 1 aromatic carbocycles. The van der Waals surface area contributed by atoms with Gasteiger partial charge in [0.1, 0.15) is 11.6 Å². The van der Waals surface area contributed by atoms with Gasteiger partial charge in [-0.25, -0.2) is 23.8 Å². The van der Waals surface area contributed by atoms with E-state index in [0.717, 1.165) is 5.56 Å². The van der Waals surface area contributed by atoms with Crippen LogP contribution in [0.5, 0.6) is 0 Å². The van der Waals surface area contributed by atoms with Crippen molar-refractivity contribution in [3.63, 3.8) is 0 Å². The molecule has 5 nitrogen and oxygen atoms in total. The largest absolute Gasteiger partial charge is 0.349 e. The normalized spacial score (nSPS) is 10.7. The molecule has 0 saturated carbocycles. The van der Waals surface area contributed by atoms with Gasteiger partial charge < -0.3 is 0 Å². The minimum absolute atomic E-state index is 0.325. The molecule has 0 amide bonds. The van der Waals surface area contributed by atoms with Crippen LogP contribution < -0.4 is 5.69 Å². The third-order valence-electron chi connectivity index (χ3n) is 2.88. The Kier molecular flexibility index (Phi) is 2.90. The zero-order chi connectivity index (χ0) is 14.1. The first kappa shape index (κ1) is 12.3. The highest BCUT2D eigenvalue weighted by molar-refractivity contribution is 5.57. The van der Waals surface area contributed by atoms with Crippen molar-refractivity contribution in [2.45, 2.75) is 6.92 Å². The first-order valence-corrected chi connectivity index (χ1v) is 6.01. The zero-order valence-electron chi connectivity index (χ0n) is 10.7. The summed E-state index contributed by atoms with van der Waals surface area (Å²) in [6.07, 6.45) is 1.66. The van der Waals surface area contributed by atoms with Crippen LogP contribution in [0, 0.1) is 12.7 Å². The summed E-state index contributed by atoms with van der Waals surface area (Å²) in [5, 5.41) is 6.31. The van der Waals surface area contributed by atoms with Gasteiger partial charge in [0.2, 0.25) is 0 Å². The van der Waals surface area contributed by atoms with Gasteiger partial charge in [-0.3, -0.25) is 0 Å². The van der Waals surface area contributed by atoms with E-state index in [0.29, 0.717) is 17.2 Å². The molecule has 6 heteroatoms. The van der Waals surface area contributed by atoms with Crippen molar-refractivity contribution >= 4 is 0 Å². The SMILES string of the molecule is Cc1ccc(-n2c(-c3cccc(F)c3)n[nH]c2=O)nc1. The average Bonchev–Trinajstić information content (AvgIpc) is 2.82. The Hall–Kier alpha value is -2.76. The zero-order valence-corrected chi connectivity index (χ0v) is 10.7. The van der Waals surface area contributed by atoms with E-state index < -0.39 is 5.69 Å². The minimum Gasteiger partial charge on any atom is -0.246 e. The quantitative estimate of drug-likeness (QED) is 0.775. The van der Waals surface area contributed by atoms with Crippen molar-refractivity contribution in [1.29, 1.82) is 0 Å². The monoisotopic (exact) mass is 270 g/mol. The lowest BCUT2D eigenvalue weighted by Gasteiger charge is -2.05. The third kappa shape index (κ3) is 2.11. The van der Waals surface area contributed by atoms with Crippen molar-refractivity contribution in [1.82, 2.24) is 19.7 Å². The van der Waals surface area contributed by atoms with E-state index in [1.165, 1.54) is 16.7 Å². The Morgan fingerprint density at radius 2 is 2.10 bits per heavy atom. The van der Waals surface area contributed by atoms with Gasteiger partial charge in [-0.05, 0) is 30.7 Å². The molecular weight excluding hydrogens is 259 g/mol. The highest BCUT2D eigenvalue weighted by Crippen LogP contribution is 2.18. The van der Waals surface area contributed by atoms with Crippen molar-refractivity contribution < 1.29 is 4.39 Å². The first-order chi connectivity index (χ1) is 9.65. The molecule has 0 saturated heterocycles. The maximum absolute atomic E-state index is 13.3. The summed E-state index contributed by atoms with van der Waals surface area (Å²) in [7, 11) is 0. The molecule has 3 aromatic rings. The van der Waals surface area contributed by atoms with Crippen LogP contribution in [0.15, 0.2) is 47.4 Å². The standard InChI is InChI=1S/C14H11FN4O/c1-9-5-6-12(16-8-9)19-13(17-18-14(19)20)10-3-2-4-11(15)7-10/h2-8H,1H3,(H,18,20). The maximum Gasteiger partial charge on any atom is 0.349 e. The number of aryl methyl sites for hydroxylation is 1. The number of H-pyrrole nitrogens is 1. The summed E-state index contributed by atoms with van der Waals surface area (Å²) in [6, 6.07) is 9.47. The first-order valence-electron chi connectivity index (χ1n) is 6.01. The summed E-state index contributed by atoms with van der Waals surface area (Å²) in [5.74, 6) is 0.376. The summed E-state index contributed by atoms with van der Waals surface area (Å²) in [4.78, 5) is 16.1. The fraction of sp³-hybridized carbons (Fsp3) is 0.0714. The second-order valence-corrected chi connectivity index (χ2v) is 4.39. The molecule has 0 atom stereocenters. The van der Waals surface area contributed by atoms with Crippen LogP contribution in [-0.4, -0.2) is 19.7 Å². The van der Waals surface area contributed by atoms with Gasteiger partial charge in [0.15, 0.2) is 5.82 Å². The van der Waals surface area contributed by atoms with Crippen LogP contribution in [0.4, 0.5) is 4.39 Å². The predicted molar refractivity (Wildman–Crippen MR) is 72.1 cm³/mol. The number of pyridine rings is 1. The molecule has 0 aliphatic heterocycles. The number of rotatable bonds is 2. The van der Waals surface area contributed by atoms with Crippen molar-refractivity contribution in [3.05, 3.63) is 64.5 Å². The molecule has 0 radical (unpaired) electrons. The second kappa shape index (κ2) is 4.73. The smallest absolute Gasteiger partial charge is 0.246 e. The number of aromatic amines is 1. The number of nitrogens with zero attached hydrogens (tertiary/aromatic N) is 3. The molecule has 2 aromatic heterocycles. The number of benzene rings is 1. The lowest BCUT2D eigenvalue weighted by molar-refractivity contribution is 0.628. The molecule has 0 bridgehead atoms. The number of hydrogen-bond donors (Lipinski definition) is 1. The topological polar surface area (TPSA) is 63.6 Å². The molecule has 0 fully saturated rings. The predicted octanol–water partition coefficient (Wildman–Crippen LogP) is 2.07. The number of aromatic nitrogens is 4. The molecular formula is C14H11FN4O. The summed E-state index contributed by atoms with van der Waals surface area (Å²) >= 11 is 0. The van der Waals surface area contributed by atoms with Gasteiger partial charge in [-0.2, -0.15) is 5.10 Å². The van der Waals surface area contributed by atoms with Crippen LogP contribution in [0.3, 0.4) is 0 Å². The summed E-state index contributed by atoms with van der Waals surface area (Å²) < 4.78 is 14.6. The highest BCUT2D eigenvalue weighted by atomic mass is 19.1.